The number of aromatic nitrogens is 2. The van der Waals surface area contributed by atoms with Crippen LogP contribution >= 0.6 is 0 Å². The maximum absolute atomic E-state index is 12.4. The number of carbonyl (C=O) groups excluding carboxylic acids is 2. The molecule has 0 atom stereocenters. The molecule has 8 heteroatoms. The minimum Gasteiger partial charge on any atom is -0.497 e. The molecule has 2 amide bonds. The van der Waals surface area contributed by atoms with Crippen LogP contribution in [0.1, 0.15) is 20.7 Å². The molecule has 8 nitrogen and oxygen atoms in total. The second-order valence-electron chi connectivity index (χ2n) is 5.94. The maximum atomic E-state index is 12.4. The van der Waals surface area contributed by atoms with E-state index in [1.165, 1.54) is 11.8 Å². The topological polar surface area (TPSA) is 94.5 Å². The molecule has 3 aromatic rings. The van der Waals surface area contributed by atoms with E-state index in [2.05, 4.69) is 15.7 Å². The molecule has 0 fully saturated rings. The van der Waals surface area contributed by atoms with Gasteiger partial charge in [-0.3, -0.25) is 14.3 Å². The molecule has 1 heterocycles. The molecule has 0 bridgehead atoms. The predicted molar refractivity (Wildman–Crippen MR) is 105 cm³/mol. The fraction of sp³-hybridized carbons (Fsp3) is 0.150. The number of methoxy groups -OCH3 is 2. The highest BCUT2D eigenvalue weighted by molar-refractivity contribution is 6.07. The number of rotatable bonds is 6. The van der Waals surface area contributed by atoms with Crippen molar-refractivity contribution in [2.24, 2.45) is 7.05 Å². The van der Waals surface area contributed by atoms with Crippen molar-refractivity contribution in [3.05, 3.63) is 65.9 Å². The quantitative estimate of drug-likeness (QED) is 0.686. The summed E-state index contributed by atoms with van der Waals surface area (Å²) < 4.78 is 11.7. The van der Waals surface area contributed by atoms with Crippen LogP contribution in [0.4, 0.5) is 11.4 Å². The van der Waals surface area contributed by atoms with E-state index in [4.69, 9.17) is 9.47 Å². The Hall–Kier alpha value is -3.81. The van der Waals surface area contributed by atoms with Crippen LogP contribution < -0.4 is 20.1 Å². The molecule has 0 aliphatic rings. The SMILES string of the molecule is COc1cccc(NC(=O)c2ccc(NC(=O)c3cn(C)nc3OC)cc2)c1. The first kappa shape index (κ1) is 19.0. The maximum Gasteiger partial charge on any atom is 0.262 e. The molecule has 1 aromatic heterocycles. The number of hydrogen-bond acceptors (Lipinski definition) is 5. The van der Waals surface area contributed by atoms with Crippen molar-refractivity contribution in [1.29, 1.82) is 0 Å². The summed E-state index contributed by atoms with van der Waals surface area (Å²) in [5, 5.41) is 9.61. The Bertz CT molecular complexity index is 996. The van der Waals surface area contributed by atoms with Gasteiger partial charge in [-0.15, -0.1) is 5.10 Å². The van der Waals surface area contributed by atoms with Gasteiger partial charge in [-0.05, 0) is 36.4 Å². The fourth-order valence-corrected chi connectivity index (χ4v) is 2.58. The van der Waals surface area contributed by atoms with E-state index in [1.807, 2.05) is 0 Å². The molecule has 0 unspecified atom stereocenters. The van der Waals surface area contributed by atoms with Crippen molar-refractivity contribution in [2.75, 3.05) is 24.9 Å². The van der Waals surface area contributed by atoms with Crippen molar-refractivity contribution in [3.8, 4) is 11.6 Å². The molecular formula is C20H20N4O4. The number of ether oxygens (including phenoxy) is 2. The average Bonchev–Trinajstić information content (AvgIpc) is 3.09. The molecule has 2 N–H and O–H groups in total. The van der Waals surface area contributed by atoms with Crippen LogP contribution in [0.15, 0.2) is 54.7 Å². The number of anilines is 2. The van der Waals surface area contributed by atoms with E-state index in [9.17, 15) is 9.59 Å². The largest absolute Gasteiger partial charge is 0.497 e. The number of benzene rings is 2. The number of hydrogen-bond donors (Lipinski definition) is 2. The lowest BCUT2D eigenvalue weighted by atomic mass is 10.2. The Kier molecular flexibility index (Phi) is 5.59. The summed E-state index contributed by atoms with van der Waals surface area (Å²) in [4.78, 5) is 24.8. The number of nitrogens with zero attached hydrogens (tertiary/aromatic N) is 2. The molecular weight excluding hydrogens is 360 g/mol. The highest BCUT2D eigenvalue weighted by atomic mass is 16.5. The summed E-state index contributed by atoms with van der Waals surface area (Å²) in [6.45, 7) is 0. The summed E-state index contributed by atoms with van der Waals surface area (Å²) in [5.41, 5.74) is 1.96. The number of aryl methyl sites for hydroxylation is 1. The van der Waals surface area contributed by atoms with Gasteiger partial charge in [0.2, 0.25) is 5.88 Å². The lowest BCUT2D eigenvalue weighted by Crippen LogP contribution is -2.14. The Morgan fingerprint density at radius 1 is 0.929 bits per heavy atom. The smallest absolute Gasteiger partial charge is 0.262 e. The second kappa shape index (κ2) is 8.26. The van der Waals surface area contributed by atoms with E-state index >= 15 is 0 Å². The van der Waals surface area contributed by atoms with Gasteiger partial charge in [-0.25, -0.2) is 0 Å². The van der Waals surface area contributed by atoms with Gasteiger partial charge in [0.25, 0.3) is 11.8 Å². The monoisotopic (exact) mass is 380 g/mol. The van der Waals surface area contributed by atoms with Crippen molar-refractivity contribution in [1.82, 2.24) is 9.78 Å². The van der Waals surface area contributed by atoms with Gasteiger partial charge < -0.3 is 20.1 Å². The van der Waals surface area contributed by atoms with E-state index in [-0.39, 0.29) is 17.7 Å². The third-order valence-corrected chi connectivity index (χ3v) is 3.97. The molecule has 28 heavy (non-hydrogen) atoms. The van der Waals surface area contributed by atoms with Gasteiger partial charge in [0, 0.05) is 36.2 Å². The number of carbonyl (C=O) groups is 2. The van der Waals surface area contributed by atoms with Gasteiger partial charge in [0.15, 0.2) is 0 Å². The number of amides is 2. The van der Waals surface area contributed by atoms with Crippen LogP contribution in [0.2, 0.25) is 0 Å². The highest BCUT2D eigenvalue weighted by Crippen LogP contribution is 2.19. The number of nitrogens with one attached hydrogen (secondary N) is 2. The zero-order valence-electron chi connectivity index (χ0n) is 15.7. The van der Waals surface area contributed by atoms with Crippen LogP contribution in [-0.2, 0) is 7.05 Å². The first-order valence-electron chi connectivity index (χ1n) is 8.44. The van der Waals surface area contributed by atoms with E-state index in [1.54, 1.807) is 68.9 Å². The Morgan fingerprint density at radius 3 is 2.32 bits per heavy atom. The predicted octanol–water partition coefficient (Wildman–Crippen LogP) is 2.94. The second-order valence-corrected chi connectivity index (χ2v) is 5.94. The third-order valence-electron chi connectivity index (χ3n) is 3.97. The van der Waals surface area contributed by atoms with Gasteiger partial charge >= 0.3 is 0 Å². The van der Waals surface area contributed by atoms with Crippen LogP contribution in [0.5, 0.6) is 11.6 Å². The van der Waals surface area contributed by atoms with E-state index in [0.29, 0.717) is 28.3 Å². The summed E-state index contributed by atoms with van der Waals surface area (Å²) in [6, 6.07) is 13.7. The van der Waals surface area contributed by atoms with Crippen molar-refractivity contribution < 1.29 is 19.1 Å². The molecule has 0 radical (unpaired) electrons. The Balaban J connectivity index is 1.67. The lowest BCUT2D eigenvalue weighted by Gasteiger charge is -2.08. The van der Waals surface area contributed by atoms with E-state index in [0.717, 1.165) is 0 Å². The van der Waals surface area contributed by atoms with Gasteiger partial charge in [-0.1, -0.05) is 6.07 Å². The van der Waals surface area contributed by atoms with Gasteiger partial charge in [-0.2, -0.15) is 0 Å². The minimum absolute atomic E-state index is 0.245. The van der Waals surface area contributed by atoms with Crippen LogP contribution in [0, 0.1) is 0 Å². The molecule has 144 valence electrons. The fourth-order valence-electron chi connectivity index (χ4n) is 2.58. The van der Waals surface area contributed by atoms with Crippen LogP contribution in [-0.4, -0.2) is 35.8 Å². The van der Waals surface area contributed by atoms with Crippen LogP contribution in [0.25, 0.3) is 0 Å². The van der Waals surface area contributed by atoms with Crippen LogP contribution in [0.3, 0.4) is 0 Å². The normalized spacial score (nSPS) is 10.2. The first-order valence-corrected chi connectivity index (χ1v) is 8.44. The molecule has 0 aliphatic carbocycles. The summed E-state index contributed by atoms with van der Waals surface area (Å²) in [6.07, 6.45) is 1.57. The third kappa shape index (κ3) is 4.29. The molecule has 2 aromatic carbocycles. The average molecular weight is 380 g/mol. The van der Waals surface area contributed by atoms with Gasteiger partial charge in [0.1, 0.15) is 11.3 Å². The standard InChI is InChI=1S/C20H20N4O4/c1-24-12-17(20(23-24)28-3)19(26)21-14-9-7-13(8-10-14)18(25)22-15-5-4-6-16(11-15)27-2/h4-12H,1-3H3,(H,21,26)(H,22,25). The molecule has 0 aliphatic heterocycles. The van der Waals surface area contributed by atoms with Crippen molar-refractivity contribution in [2.45, 2.75) is 0 Å². The minimum atomic E-state index is -0.349. The summed E-state index contributed by atoms with van der Waals surface area (Å²) >= 11 is 0. The Labute approximate surface area is 162 Å². The first-order chi connectivity index (χ1) is 13.5. The van der Waals surface area contributed by atoms with E-state index < -0.39 is 0 Å². The van der Waals surface area contributed by atoms with Crippen molar-refractivity contribution in [3.63, 3.8) is 0 Å². The molecule has 0 saturated carbocycles. The van der Waals surface area contributed by atoms with Crippen molar-refractivity contribution >= 4 is 23.2 Å². The summed E-state index contributed by atoms with van der Waals surface area (Å²) in [5.74, 6) is 0.287. The Morgan fingerprint density at radius 2 is 1.64 bits per heavy atom. The summed E-state index contributed by atoms with van der Waals surface area (Å²) in [7, 11) is 4.72. The molecule has 3 rings (SSSR count). The van der Waals surface area contributed by atoms with Gasteiger partial charge in [0.05, 0.1) is 14.2 Å². The molecule has 0 spiro atoms. The zero-order chi connectivity index (χ0) is 20.1. The molecule has 0 saturated heterocycles. The highest BCUT2D eigenvalue weighted by Gasteiger charge is 2.16. The lowest BCUT2D eigenvalue weighted by molar-refractivity contribution is 0.101. The zero-order valence-corrected chi connectivity index (χ0v) is 15.7.